The quantitative estimate of drug-likeness (QED) is 0.615. The van der Waals surface area contributed by atoms with E-state index in [0.29, 0.717) is 4.47 Å². The number of ether oxygens (including phenoxy) is 1. The Bertz CT molecular complexity index is 196. The minimum Gasteiger partial charge on any atom is -0.775 e. The summed E-state index contributed by atoms with van der Waals surface area (Å²) in [6, 6.07) is -1.08. The third-order valence-electron chi connectivity index (χ3n) is 1.44. The van der Waals surface area contributed by atoms with Crippen LogP contribution in [0.1, 0.15) is 13.8 Å². The second-order valence-electron chi connectivity index (χ2n) is 2.94. The van der Waals surface area contributed by atoms with Crippen molar-refractivity contribution in [3.8, 4) is 0 Å². The number of carbonyl (C=O) groups is 1. The number of nitrogens with zero attached hydrogens (tertiary/aromatic N) is 1. The Labute approximate surface area is 74.4 Å². The molecule has 0 radical (unpaired) electrons. The van der Waals surface area contributed by atoms with E-state index in [1.807, 2.05) is 0 Å². The number of hydrogen-bond acceptors (Lipinski definition) is 5. The molecule has 1 N–H and O–H groups in total. The van der Waals surface area contributed by atoms with Crippen molar-refractivity contribution in [1.82, 2.24) is 4.47 Å². The van der Waals surface area contributed by atoms with Gasteiger partial charge in [-0.1, -0.05) is 11.9 Å². The van der Waals surface area contributed by atoms with Crippen LogP contribution in [0.2, 0.25) is 0 Å². The molecule has 0 saturated carbocycles. The molecule has 1 saturated heterocycles. The van der Waals surface area contributed by atoms with Gasteiger partial charge < -0.3 is 19.5 Å². The van der Waals surface area contributed by atoms with Crippen LogP contribution in [-0.4, -0.2) is 33.1 Å². The predicted molar refractivity (Wildman–Crippen MR) is 44.3 cm³/mol. The van der Waals surface area contributed by atoms with Gasteiger partial charge in [-0.2, -0.15) is 0 Å². The molecule has 12 heavy (non-hydrogen) atoms. The van der Waals surface area contributed by atoms with Gasteiger partial charge in [0.15, 0.2) is 0 Å². The van der Waals surface area contributed by atoms with Crippen molar-refractivity contribution < 1.29 is 14.6 Å². The Morgan fingerprint density at radius 3 is 2.83 bits per heavy atom. The number of hydroxylamine groups is 1. The van der Waals surface area contributed by atoms with E-state index in [4.69, 9.17) is 9.84 Å². The predicted octanol–water partition coefficient (Wildman–Crippen LogP) is 0.654. The average Bonchev–Trinajstić information content (AvgIpc) is 1.83. The average molecular weight is 192 g/mol. The Hall–Kier alpha value is -0.300. The summed E-state index contributed by atoms with van der Waals surface area (Å²) in [6.45, 7) is 3.39. The second-order valence-corrected chi connectivity index (χ2v) is 4.47. The van der Waals surface area contributed by atoms with Gasteiger partial charge in [-0.3, -0.25) is 4.79 Å². The summed E-state index contributed by atoms with van der Waals surface area (Å²) in [4.78, 5) is 9.82. The van der Waals surface area contributed by atoms with E-state index in [0.717, 1.165) is 11.9 Å². The van der Waals surface area contributed by atoms with E-state index in [9.17, 15) is 10.0 Å². The molecule has 0 aromatic heterocycles. The number of aliphatic carboxylic acids is 1. The maximum Gasteiger partial charge on any atom is 0.323 e. The number of carboxylic acid groups (broad SMARTS) is 1. The Balaban J connectivity index is 2.60. The molecule has 0 aromatic rings. The largest absolute Gasteiger partial charge is 0.775 e. The lowest BCUT2D eigenvalue weighted by Gasteiger charge is -2.44. The molecule has 0 aliphatic carbocycles. The fourth-order valence-corrected chi connectivity index (χ4v) is 1.64. The molecule has 5 nitrogen and oxygen atoms in total. The van der Waals surface area contributed by atoms with Crippen molar-refractivity contribution >= 4 is 17.9 Å². The third kappa shape index (κ3) is 2.10. The third-order valence-corrected chi connectivity index (χ3v) is 2.43. The van der Waals surface area contributed by atoms with E-state index >= 15 is 0 Å². The Morgan fingerprint density at radius 1 is 1.83 bits per heavy atom. The normalized spacial score (nSPS) is 30.1. The van der Waals surface area contributed by atoms with Crippen molar-refractivity contribution in [2.75, 3.05) is 6.61 Å². The van der Waals surface area contributed by atoms with E-state index in [1.165, 1.54) is 0 Å². The summed E-state index contributed by atoms with van der Waals surface area (Å²) in [5, 5.41) is 19.6. The van der Waals surface area contributed by atoms with E-state index in [-0.39, 0.29) is 6.61 Å². The summed E-state index contributed by atoms with van der Waals surface area (Å²) in [5.74, 6) is -1.15. The van der Waals surface area contributed by atoms with Gasteiger partial charge in [0.2, 0.25) is 0 Å². The first-order valence-corrected chi connectivity index (χ1v) is 4.22. The molecule has 6 heteroatoms. The van der Waals surface area contributed by atoms with Gasteiger partial charge in [0, 0.05) is 0 Å². The first kappa shape index (κ1) is 9.79. The maximum atomic E-state index is 11.1. The molecule has 0 bridgehead atoms. The van der Waals surface area contributed by atoms with Crippen LogP contribution in [0.5, 0.6) is 0 Å². The molecular weight excluding hydrogens is 182 g/mol. The molecule has 0 spiro atoms. The van der Waals surface area contributed by atoms with Crippen molar-refractivity contribution in [2.45, 2.75) is 24.8 Å². The van der Waals surface area contributed by atoms with Crippen molar-refractivity contribution in [3.05, 3.63) is 5.21 Å². The topological polar surface area (TPSA) is 72.8 Å². The first-order valence-electron chi connectivity index (χ1n) is 3.44. The fraction of sp³-hybridized carbons (Fsp3) is 0.833. The molecule has 1 aliphatic rings. The van der Waals surface area contributed by atoms with E-state index < -0.39 is 16.9 Å². The second kappa shape index (κ2) is 3.21. The number of rotatable bonds is 1. The van der Waals surface area contributed by atoms with E-state index in [2.05, 4.69) is 0 Å². The zero-order chi connectivity index (χ0) is 9.35. The molecule has 0 amide bonds. The minimum absolute atomic E-state index is 0.0567. The van der Waals surface area contributed by atoms with Crippen LogP contribution in [0.25, 0.3) is 0 Å². The zero-order valence-corrected chi connectivity index (χ0v) is 7.63. The monoisotopic (exact) mass is 192 g/mol. The van der Waals surface area contributed by atoms with Gasteiger partial charge in [-0.05, 0) is 13.8 Å². The summed E-state index contributed by atoms with van der Waals surface area (Å²) < 4.78 is 5.63. The molecule has 1 atom stereocenters. The number of carboxylic acids is 1. The van der Waals surface area contributed by atoms with Gasteiger partial charge in [0.25, 0.3) is 0 Å². The van der Waals surface area contributed by atoms with Gasteiger partial charge in [0.1, 0.15) is 11.0 Å². The molecular formula is C6H10NO4S-. The van der Waals surface area contributed by atoms with Crippen LogP contribution in [0.4, 0.5) is 0 Å². The highest BCUT2D eigenvalue weighted by molar-refractivity contribution is 7.98. The van der Waals surface area contributed by atoms with Crippen LogP contribution in [0.15, 0.2) is 0 Å². The standard InChI is InChI=1S/C6H10NO4S/c1-6(2)11-3-4(5(8)9)7(10)12-6/h4H,3H2,1-2H3,(H,8,9)/q-1. The van der Waals surface area contributed by atoms with Gasteiger partial charge in [0.05, 0.1) is 6.61 Å². The summed E-state index contributed by atoms with van der Waals surface area (Å²) >= 11 is 0.855. The maximum absolute atomic E-state index is 11.1. The Kier molecular flexibility index (Phi) is 2.62. The highest BCUT2D eigenvalue weighted by Crippen LogP contribution is 2.34. The summed E-state index contributed by atoms with van der Waals surface area (Å²) in [5.41, 5.74) is 0. The van der Waals surface area contributed by atoms with Crippen LogP contribution < -0.4 is 0 Å². The smallest absolute Gasteiger partial charge is 0.323 e. The van der Waals surface area contributed by atoms with Crippen LogP contribution in [0.3, 0.4) is 0 Å². The van der Waals surface area contributed by atoms with Crippen LogP contribution in [0, 0.1) is 5.21 Å². The molecule has 0 aromatic carbocycles. The lowest BCUT2D eigenvalue weighted by Crippen LogP contribution is -2.46. The highest BCUT2D eigenvalue weighted by Gasteiger charge is 2.33. The fourth-order valence-electron chi connectivity index (χ4n) is 0.809. The minimum atomic E-state index is -1.15. The van der Waals surface area contributed by atoms with E-state index in [1.54, 1.807) is 13.8 Å². The summed E-state index contributed by atoms with van der Waals surface area (Å²) in [7, 11) is 0. The van der Waals surface area contributed by atoms with Crippen LogP contribution >= 0.6 is 11.9 Å². The Morgan fingerprint density at radius 2 is 2.42 bits per heavy atom. The molecule has 1 fully saturated rings. The van der Waals surface area contributed by atoms with Crippen LogP contribution in [-0.2, 0) is 9.53 Å². The summed E-state index contributed by atoms with van der Waals surface area (Å²) in [6.07, 6.45) is 0. The van der Waals surface area contributed by atoms with Gasteiger partial charge in [-0.25, -0.2) is 0 Å². The van der Waals surface area contributed by atoms with Crippen molar-refractivity contribution in [2.24, 2.45) is 0 Å². The molecule has 1 aliphatic heterocycles. The lowest BCUT2D eigenvalue weighted by atomic mass is 10.3. The first-order chi connectivity index (χ1) is 5.42. The van der Waals surface area contributed by atoms with Crippen molar-refractivity contribution in [1.29, 1.82) is 0 Å². The number of hydrogen-bond donors (Lipinski definition) is 1. The van der Waals surface area contributed by atoms with Gasteiger partial charge >= 0.3 is 5.97 Å². The molecule has 1 heterocycles. The molecule has 1 rings (SSSR count). The zero-order valence-electron chi connectivity index (χ0n) is 6.81. The highest BCUT2D eigenvalue weighted by atomic mass is 32.2. The molecule has 1 unspecified atom stereocenters. The van der Waals surface area contributed by atoms with Gasteiger partial charge in [-0.15, -0.1) is 0 Å². The lowest BCUT2D eigenvalue weighted by molar-refractivity contribution is -0.144. The molecule has 70 valence electrons. The SMILES string of the molecule is CC1(C)OCC(C(=O)O)N([O-])S1. The van der Waals surface area contributed by atoms with Crippen molar-refractivity contribution in [3.63, 3.8) is 0 Å².